The minimum absolute atomic E-state index is 0.323. The second kappa shape index (κ2) is 5.68. The lowest BCUT2D eigenvalue weighted by Gasteiger charge is -2.17. The topological polar surface area (TPSA) is 17.8 Å². The van der Waals surface area contributed by atoms with Crippen LogP contribution in [0.1, 0.15) is 52.9 Å². The van der Waals surface area contributed by atoms with Gasteiger partial charge in [0.25, 0.3) is 0 Å². The van der Waals surface area contributed by atoms with E-state index in [2.05, 4.69) is 59.8 Å². The van der Waals surface area contributed by atoms with Gasteiger partial charge in [0.1, 0.15) is 0 Å². The molecule has 0 unspecified atom stereocenters. The third-order valence-corrected chi connectivity index (χ3v) is 4.09. The SMILES string of the molecule is Cn1nc(CSCC(C)(C)C)cc1CC(C)(C)C. The van der Waals surface area contributed by atoms with E-state index in [9.17, 15) is 0 Å². The molecule has 2 nitrogen and oxygen atoms in total. The van der Waals surface area contributed by atoms with Gasteiger partial charge >= 0.3 is 0 Å². The van der Waals surface area contributed by atoms with Crippen molar-refractivity contribution >= 4 is 11.8 Å². The summed E-state index contributed by atoms with van der Waals surface area (Å²) >= 11 is 1.98. The lowest BCUT2D eigenvalue weighted by Crippen LogP contribution is -2.12. The van der Waals surface area contributed by atoms with E-state index in [-0.39, 0.29) is 0 Å². The Balaban J connectivity index is 2.56. The largest absolute Gasteiger partial charge is 0.272 e. The van der Waals surface area contributed by atoms with Crippen LogP contribution in [0, 0.1) is 10.8 Å². The number of thioether (sulfide) groups is 1. The van der Waals surface area contributed by atoms with Gasteiger partial charge in [0.2, 0.25) is 0 Å². The van der Waals surface area contributed by atoms with Gasteiger partial charge in [-0.3, -0.25) is 4.68 Å². The van der Waals surface area contributed by atoms with Gasteiger partial charge in [-0.1, -0.05) is 41.5 Å². The van der Waals surface area contributed by atoms with Crippen molar-refractivity contribution in [1.29, 1.82) is 0 Å². The molecule has 0 radical (unpaired) electrons. The van der Waals surface area contributed by atoms with E-state index in [1.165, 1.54) is 17.1 Å². The van der Waals surface area contributed by atoms with Crippen LogP contribution in [0.4, 0.5) is 0 Å². The van der Waals surface area contributed by atoms with Crippen LogP contribution in [0.5, 0.6) is 0 Å². The summed E-state index contributed by atoms with van der Waals surface area (Å²) in [7, 11) is 2.05. The Kier molecular flexibility index (Phi) is 4.93. The van der Waals surface area contributed by atoms with Crippen molar-refractivity contribution in [3.05, 3.63) is 17.5 Å². The molecule has 0 saturated heterocycles. The molecular weight excluding hydrogens is 240 g/mol. The number of rotatable bonds is 4. The van der Waals surface area contributed by atoms with E-state index in [0.717, 1.165) is 12.2 Å². The maximum absolute atomic E-state index is 4.61. The predicted octanol–water partition coefficient (Wildman–Crippen LogP) is 4.29. The molecule has 0 aliphatic heterocycles. The van der Waals surface area contributed by atoms with Gasteiger partial charge in [-0.25, -0.2) is 0 Å². The zero-order valence-electron chi connectivity index (χ0n) is 13.0. The number of hydrogen-bond donors (Lipinski definition) is 0. The van der Waals surface area contributed by atoms with Crippen molar-refractivity contribution in [3.63, 3.8) is 0 Å². The Hall–Kier alpha value is -0.440. The molecule has 0 bridgehead atoms. The van der Waals surface area contributed by atoms with E-state index in [0.29, 0.717) is 10.8 Å². The average molecular weight is 268 g/mol. The van der Waals surface area contributed by atoms with E-state index in [1.54, 1.807) is 0 Å². The lowest BCUT2D eigenvalue weighted by molar-refractivity contribution is 0.398. The fourth-order valence-corrected chi connectivity index (χ4v) is 2.88. The molecule has 0 atom stereocenters. The third kappa shape index (κ3) is 5.94. The van der Waals surface area contributed by atoms with Crippen molar-refractivity contribution in [2.75, 3.05) is 5.75 Å². The molecule has 0 N–H and O–H groups in total. The minimum Gasteiger partial charge on any atom is -0.272 e. The molecule has 18 heavy (non-hydrogen) atoms. The molecule has 1 heterocycles. The first-order valence-corrected chi connectivity index (χ1v) is 7.82. The molecule has 3 heteroatoms. The first-order valence-electron chi connectivity index (χ1n) is 6.66. The Bertz CT molecular complexity index is 380. The molecule has 0 aliphatic rings. The Morgan fingerprint density at radius 2 is 1.72 bits per heavy atom. The maximum atomic E-state index is 4.61. The molecule has 0 aliphatic carbocycles. The summed E-state index contributed by atoms with van der Waals surface area (Å²) in [6.45, 7) is 13.7. The molecule has 0 fully saturated rings. The number of aryl methyl sites for hydroxylation is 1. The second-order valence-electron chi connectivity index (χ2n) is 7.54. The second-order valence-corrected chi connectivity index (χ2v) is 8.53. The van der Waals surface area contributed by atoms with Gasteiger partial charge in [0, 0.05) is 18.5 Å². The summed E-state index contributed by atoms with van der Waals surface area (Å²) < 4.78 is 2.04. The van der Waals surface area contributed by atoms with Crippen LogP contribution in [0.3, 0.4) is 0 Å². The highest BCUT2D eigenvalue weighted by Crippen LogP contribution is 2.25. The van der Waals surface area contributed by atoms with Gasteiger partial charge in [-0.2, -0.15) is 16.9 Å². The van der Waals surface area contributed by atoms with Crippen LogP contribution >= 0.6 is 11.8 Å². The molecule has 0 amide bonds. The van der Waals surface area contributed by atoms with Crippen LogP contribution in [0.15, 0.2) is 6.07 Å². The number of aromatic nitrogens is 2. The van der Waals surface area contributed by atoms with Gasteiger partial charge in [-0.15, -0.1) is 0 Å². The fourth-order valence-electron chi connectivity index (χ4n) is 1.81. The Labute approximate surface area is 117 Å². The summed E-state index contributed by atoms with van der Waals surface area (Å²) in [5.41, 5.74) is 3.27. The Morgan fingerprint density at radius 3 is 2.22 bits per heavy atom. The molecular formula is C15H28N2S. The van der Waals surface area contributed by atoms with Crippen LogP contribution in [-0.2, 0) is 19.2 Å². The highest BCUT2D eigenvalue weighted by Gasteiger charge is 2.16. The zero-order valence-corrected chi connectivity index (χ0v) is 13.8. The molecule has 1 rings (SSSR count). The smallest absolute Gasteiger partial charge is 0.0726 e. The predicted molar refractivity (Wildman–Crippen MR) is 82.0 cm³/mol. The van der Waals surface area contributed by atoms with Crippen LogP contribution in [-0.4, -0.2) is 15.5 Å². The summed E-state index contributed by atoms with van der Waals surface area (Å²) in [6, 6.07) is 2.26. The lowest BCUT2D eigenvalue weighted by atomic mass is 9.90. The zero-order chi connectivity index (χ0) is 14.0. The van der Waals surface area contributed by atoms with Crippen LogP contribution in [0.2, 0.25) is 0 Å². The van der Waals surface area contributed by atoms with Gasteiger partial charge in [0.05, 0.1) is 5.69 Å². The highest BCUT2D eigenvalue weighted by molar-refractivity contribution is 7.98. The average Bonchev–Trinajstić information content (AvgIpc) is 2.41. The highest BCUT2D eigenvalue weighted by atomic mass is 32.2. The Morgan fingerprint density at radius 1 is 1.11 bits per heavy atom. The fraction of sp³-hybridized carbons (Fsp3) is 0.800. The standard InChI is InChI=1S/C15H28N2S/c1-14(2,3)9-13-8-12(16-17(13)7)10-18-11-15(4,5)6/h8H,9-11H2,1-7H3. The van der Waals surface area contributed by atoms with E-state index in [4.69, 9.17) is 0 Å². The summed E-state index contributed by atoms with van der Waals surface area (Å²) in [5.74, 6) is 2.20. The molecule has 104 valence electrons. The van der Waals surface area contributed by atoms with Crippen molar-refractivity contribution < 1.29 is 0 Å². The van der Waals surface area contributed by atoms with Crippen LogP contribution < -0.4 is 0 Å². The first-order chi connectivity index (χ1) is 8.07. The summed E-state index contributed by atoms with van der Waals surface area (Å²) in [6.07, 6.45) is 1.08. The molecule has 1 aromatic heterocycles. The monoisotopic (exact) mass is 268 g/mol. The maximum Gasteiger partial charge on any atom is 0.0726 e. The van der Waals surface area contributed by atoms with Crippen LogP contribution in [0.25, 0.3) is 0 Å². The molecule has 0 spiro atoms. The van der Waals surface area contributed by atoms with Crippen molar-refractivity contribution in [2.24, 2.45) is 17.9 Å². The third-order valence-electron chi connectivity index (χ3n) is 2.52. The quantitative estimate of drug-likeness (QED) is 0.811. The molecule has 0 aromatic carbocycles. The normalized spacial score (nSPS) is 13.1. The summed E-state index contributed by atoms with van der Waals surface area (Å²) in [4.78, 5) is 0. The van der Waals surface area contributed by atoms with E-state index < -0.39 is 0 Å². The van der Waals surface area contributed by atoms with E-state index >= 15 is 0 Å². The first kappa shape index (κ1) is 15.6. The molecule has 0 saturated carbocycles. The van der Waals surface area contributed by atoms with E-state index in [1.807, 2.05) is 16.4 Å². The summed E-state index contributed by atoms with van der Waals surface area (Å²) in [5, 5.41) is 4.61. The van der Waals surface area contributed by atoms with Crippen molar-refractivity contribution in [1.82, 2.24) is 9.78 Å². The van der Waals surface area contributed by atoms with Gasteiger partial charge < -0.3 is 0 Å². The van der Waals surface area contributed by atoms with Crippen molar-refractivity contribution in [3.8, 4) is 0 Å². The number of nitrogens with zero attached hydrogens (tertiary/aromatic N) is 2. The minimum atomic E-state index is 0.323. The molecule has 1 aromatic rings. The number of hydrogen-bond acceptors (Lipinski definition) is 2. The van der Waals surface area contributed by atoms with Gasteiger partial charge in [0.15, 0.2) is 0 Å². The van der Waals surface area contributed by atoms with Gasteiger partial charge in [-0.05, 0) is 29.1 Å². The van der Waals surface area contributed by atoms with Crippen molar-refractivity contribution in [2.45, 2.75) is 53.7 Å².